The summed E-state index contributed by atoms with van der Waals surface area (Å²) >= 11 is 0. The number of carbonyl (C=O) groups is 1. The lowest BCUT2D eigenvalue weighted by atomic mass is 9.93. The van der Waals surface area contributed by atoms with E-state index in [2.05, 4.69) is 25.7 Å². The SMILES string of the molecule is CCCCN(CCCC)C(C)(CCC)C(=O)O. The molecule has 0 rings (SSSR count). The highest BCUT2D eigenvalue weighted by Gasteiger charge is 2.37. The first-order valence-electron chi connectivity index (χ1n) is 7.01. The molecule has 0 heterocycles. The second kappa shape index (κ2) is 8.51. The van der Waals surface area contributed by atoms with Crippen LogP contribution in [0, 0.1) is 0 Å². The minimum Gasteiger partial charge on any atom is -0.480 e. The van der Waals surface area contributed by atoms with E-state index in [1.54, 1.807) is 0 Å². The number of rotatable bonds is 10. The molecule has 0 aliphatic carbocycles. The summed E-state index contributed by atoms with van der Waals surface area (Å²) in [6.45, 7) is 10.0. The Morgan fingerprint density at radius 1 is 1.06 bits per heavy atom. The summed E-state index contributed by atoms with van der Waals surface area (Å²) in [4.78, 5) is 13.7. The molecule has 0 aromatic carbocycles. The van der Waals surface area contributed by atoms with Gasteiger partial charge in [-0.25, -0.2) is 0 Å². The van der Waals surface area contributed by atoms with Crippen molar-refractivity contribution < 1.29 is 9.90 Å². The van der Waals surface area contributed by atoms with Crippen LogP contribution in [-0.2, 0) is 4.79 Å². The third-order valence-electron chi connectivity index (χ3n) is 3.46. The Balaban J connectivity index is 4.72. The average molecular weight is 243 g/mol. The molecule has 1 atom stereocenters. The van der Waals surface area contributed by atoms with Crippen LogP contribution >= 0.6 is 0 Å². The molecular weight excluding hydrogens is 214 g/mol. The quantitative estimate of drug-likeness (QED) is 0.638. The van der Waals surface area contributed by atoms with Crippen LogP contribution in [0.3, 0.4) is 0 Å². The molecule has 0 radical (unpaired) electrons. The minimum atomic E-state index is -0.681. The van der Waals surface area contributed by atoms with Crippen molar-refractivity contribution in [2.45, 2.75) is 71.8 Å². The number of unbranched alkanes of at least 4 members (excludes halogenated alkanes) is 2. The van der Waals surface area contributed by atoms with E-state index in [0.29, 0.717) is 0 Å². The number of hydrogen-bond donors (Lipinski definition) is 1. The van der Waals surface area contributed by atoms with Gasteiger partial charge in [0, 0.05) is 0 Å². The number of carboxylic acid groups (broad SMARTS) is 1. The molecule has 3 heteroatoms. The van der Waals surface area contributed by atoms with E-state index in [1.165, 1.54) is 0 Å². The van der Waals surface area contributed by atoms with Crippen LogP contribution in [0.15, 0.2) is 0 Å². The third-order valence-corrected chi connectivity index (χ3v) is 3.46. The Kier molecular flexibility index (Phi) is 8.23. The summed E-state index contributed by atoms with van der Waals surface area (Å²) in [5.41, 5.74) is -0.681. The largest absolute Gasteiger partial charge is 0.480 e. The topological polar surface area (TPSA) is 40.5 Å². The fourth-order valence-corrected chi connectivity index (χ4v) is 2.19. The van der Waals surface area contributed by atoms with Gasteiger partial charge in [0.15, 0.2) is 0 Å². The number of nitrogens with zero attached hydrogens (tertiary/aromatic N) is 1. The molecule has 0 spiro atoms. The average Bonchev–Trinajstić information content (AvgIpc) is 2.29. The standard InChI is InChI=1S/C14H29NO2/c1-5-8-11-15(12-9-6-2)14(4,10-7-3)13(16)17/h5-12H2,1-4H3,(H,16,17). The lowest BCUT2D eigenvalue weighted by Crippen LogP contribution is -2.53. The molecule has 0 aromatic rings. The Hall–Kier alpha value is -0.570. The Morgan fingerprint density at radius 2 is 1.53 bits per heavy atom. The summed E-state index contributed by atoms with van der Waals surface area (Å²) in [7, 11) is 0. The zero-order chi connectivity index (χ0) is 13.3. The molecule has 0 aliphatic heterocycles. The molecule has 0 aliphatic rings. The van der Waals surface area contributed by atoms with Crippen LogP contribution < -0.4 is 0 Å². The van der Waals surface area contributed by atoms with Crippen molar-refractivity contribution in [3.63, 3.8) is 0 Å². The van der Waals surface area contributed by atoms with Gasteiger partial charge in [-0.15, -0.1) is 0 Å². The smallest absolute Gasteiger partial charge is 0.323 e. The van der Waals surface area contributed by atoms with E-state index >= 15 is 0 Å². The molecule has 0 saturated carbocycles. The van der Waals surface area contributed by atoms with Crippen LogP contribution in [0.5, 0.6) is 0 Å². The van der Waals surface area contributed by atoms with Crippen molar-refractivity contribution in [2.24, 2.45) is 0 Å². The van der Waals surface area contributed by atoms with Gasteiger partial charge in [-0.05, 0) is 39.3 Å². The second-order valence-corrected chi connectivity index (χ2v) is 5.02. The van der Waals surface area contributed by atoms with E-state index in [1.807, 2.05) is 6.92 Å². The van der Waals surface area contributed by atoms with Gasteiger partial charge in [-0.2, -0.15) is 0 Å². The monoisotopic (exact) mass is 243 g/mol. The van der Waals surface area contributed by atoms with Gasteiger partial charge in [-0.3, -0.25) is 9.69 Å². The summed E-state index contributed by atoms with van der Waals surface area (Å²) in [6, 6.07) is 0. The fourth-order valence-electron chi connectivity index (χ4n) is 2.19. The molecule has 0 bridgehead atoms. The highest BCUT2D eigenvalue weighted by Crippen LogP contribution is 2.23. The zero-order valence-electron chi connectivity index (χ0n) is 12.0. The summed E-state index contributed by atoms with van der Waals surface area (Å²) in [5.74, 6) is -0.674. The van der Waals surface area contributed by atoms with E-state index in [9.17, 15) is 9.90 Å². The third kappa shape index (κ3) is 5.07. The lowest BCUT2D eigenvalue weighted by molar-refractivity contribution is -0.151. The second-order valence-electron chi connectivity index (χ2n) is 5.02. The molecular formula is C14H29NO2. The molecule has 102 valence electrons. The summed E-state index contributed by atoms with van der Waals surface area (Å²) in [5, 5.41) is 9.49. The first kappa shape index (κ1) is 16.4. The van der Waals surface area contributed by atoms with E-state index in [0.717, 1.165) is 51.6 Å². The van der Waals surface area contributed by atoms with Crippen molar-refractivity contribution in [1.29, 1.82) is 0 Å². The maximum atomic E-state index is 11.5. The maximum absolute atomic E-state index is 11.5. The highest BCUT2D eigenvalue weighted by atomic mass is 16.4. The Morgan fingerprint density at radius 3 is 1.82 bits per heavy atom. The van der Waals surface area contributed by atoms with Gasteiger partial charge in [0.05, 0.1) is 0 Å². The van der Waals surface area contributed by atoms with Crippen molar-refractivity contribution in [1.82, 2.24) is 4.90 Å². The fraction of sp³-hybridized carbons (Fsp3) is 0.929. The first-order valence-corrected chi connectivity index (χ1v) is 7.01. The Bertz CT molecular complexity index is 210. The summed E-state index contributed by atoms with van der Waals surface area (Å²) < 4.78 is 0. The Labute approximate surface area is 106 Å². The van der Waals surface area contributed by atoms with Crippen LogP contribution in [0.4, 0.5) is 0 Å². The van der Waals surface area contributed by atoms with Crippen LogP contribution in [0.25, 0.3) is 0 Å². The molecule has 1 N–H and O–H groups in total. The number of hydrogen-bond acceptors (Lipinski definition) is 2. The van der Waals surface area contributed by atoms with Gasteiger partial charge in [0.1, 0.15) is 5.54 Å². The molecule has 0 amide bonds. The molecule has 0 aromatic heterocycles. The van der Waals surface area contributed by atoms with Gasteiger partial charge < -0.3 is 5.11 Å². The number of carboxylic acids is 1. The summed E-state index contributed by atoms with van der Waals surface area (Å²) in [6.07, 6.45) is 6.04. The molecule has 3 nitrogen and oxygen atoms in total. The van der Waals surface area contributed by atoms with E-state index in [-0.39, 0.29) is 0 Å². The van der Waals surface area contributed by atoms with E-state index < -0.39 is 11.5 Å². The van der Waals surface area contributed by atoms with Gasteiger partial charge >= 0.3 is 5.97 Å². The first-order chi connectivity index (χ1) is 8.02. The van der Waals surface area contributed by atoms with Crippen LogP contribution in [0.2, 0.25) is 0 Å². The van der Waals surface area contributed by atoms with E-state index in [4.69, 9.17) is 0 Å². The van der Waals surface area contributed by atoms with Crippen molar-refractivity contribution in [2.75, 3.05) is 13.1 Å². The van der Waals surface area contributed by atoms with Crippen molar-refractivity contribution in [3.05, 3.63) is 0 Å². The lowest BCUT2D eigenvalue weighted by Gasteiger charge is -2.38. The molecule has 0 fully saturated rings. The van der Waals surface area contributed by atoms with Gasteiger partial charge in [-0.1, -0.05) is 40.0 Å². The minimum absolute atomic E-state index is 0.674. The van der Waals surface area contributed by atoms with Crippen molar-refractivity contribution in [3.8, 4) is 0 Å². The normalized spacial score (nSPS) is 14.9. The maximum Gasteiger partial charge on any atom is 0.323 e. The van der Waals surface area contributed by atoms with Crippen LogP contribution in [-0.4, -0.2) is 34.6 Å². The van der Waals surface area contributed by atoms with Gasteiger partial charge in [0.2, 0.25) is 0 Å². The number of aliphatic carboxylic acids is 1. The zero-order valence-corrected chi connectivity index (χ0v) is 12.0. The van der Waals surface area contributed by atoms with Crippen LogP contribution in [0.1, 0.15) is 66.2 Å². The van der Waals surface area contributed by atoms with Gasteiger partial charge in [0.25, 0.3) is 0 Å². The molecule has 17 heavy (non-hydrogen) atoms. The molecule has 1 unspecified atom stereocenters. The van der Waals surface area contributed by atoms with Crippen molar-refractivity contribution >= 4 is 5.97 Å². The predicted octanol–water partition coefficient (Wildman–Crippen LogP) is 3.53. The predicted molar refractivity (Wildman–Crippen MR) is 72.3 cm³/mol. The molecule has 0 saturated heterocycles. The highest BCUT2D eigenvalue weighted by molar-refractivity contribution is 5.78.